The van der Waals surface area contributed by atoms with Gasteiger partial charge in [-0.2, -0.15) is 0 Å². The molecule has 0 aromatic rings. The van der Waals surface area contributed by atoms with Crippen LogP contribution in [0.3, 0.4) is 0 Å². The first kappa shape index (κ1) is 13.2. The van der Waals surface area contributed by atoms with E-state index in [0.29, 0.717) is 4.90 Å². The number of rotatable bonds is 0. The van der Waals surface area contributed by atoms with Crippen molar-refractivity contribution in [2.75, 3.05) is 6.54 Å². The molecule has 94 valence electrons. The first-order valence-corrected chi connectivity index (χ1v) is 5.16. The van der Waals surface area contributed by atoms with Crippen LogP contribution >= 0.6 is 0 Å². The van der Waals surface area contributed by atoms with E-state index in [-0.39, 0.29) is 6.42 Å². The first-order chi connectivity index (χ1) is 7.11. The van der Waals surface area contributed by atoms with Gasteiger partial charge in [0.1, 0.15) is 11.8 Å². The zero-order valence-corrected chi connectivity index (χ0v) is 9.67. The Morgan fingerprint density at radius 2 is 2.06 bits per heavy atom. The van der Waals surface area contributed by atoms with Gasteiger partial charge in [-0.05, 0) is 27.2 Å². The Bertz CT molecular complexity index is 276. The van der Waals surface area contributed by atoms with Crippen molar-refractivity contribution in [1.82, 2.24) is 4.90 Å². The van der Waals surface area contributed by atoms with Gasteiger partial charge in [0.15, 0.2) is 0 Å². The first-order valence-electron chi connectivity index (χ1n) is 5.16. The number of hydrogen-bond donors (Lipinski definition) is 1. The lowest BCUT2D eigenvalue weighted by Gasteiger charge is -2.37. The maximum Gasteiger partial charge on any atom is 0.412 e. The highest BCUT2D eigenvalue weighted by Crippen LogP contribution is 2.30. The molecule has 16 heavy (non-hydrogen) atoms. The molecule has 0 unspecified atom stereocenters. The third-order valence-electron chi connectivity index (χ3n) is 2.16. The minimum absolute atomic E-state index is 0.133. The molecule has 1 aliphatic heterocycles. The van der Waals surface area contributed by atoms with E-state index < -0.39 is 36.8 Å². The molecule has 1 saturated heterocycles. The lowest BCUT2D eigenvalue weighted by Crippen LogP contribution is -2.52. The third kappa shape index (κ3) is 3.59. The highest BCUT2D eigenvalue weighted by Gasteiger charge is 2.42. The lowest BCUT2D eigenvalue weighted by molar-refractivity contribution is -0.129. The van der Waals surface area contributed by atoms with E-state index in [1.165, 1.54) is 0 Å². The number of carbonyl (C=O) groups excluding carboxylic acids is 1. The van der Waals surface area contributed by atoms with Gasteiger partial charge in [-0.15, -0.1) is 0 Å². The lowest BCUT2D eigenvalue weighted by atomic mass is 10.1. The van der Waals surface area contributed by atoms with E-state index in [9.17, 15) is 18.7 Å². The number of aliphatic hydroxyl groups is 1. The predicted molar refractivity (Wildman–Crippen MR) is 53.1 cm³/mol. The Morgan fingerprint density at radius 1 is 1.50 bits per heavy atom. The number of alkyl halides is 2. The van der Waals surface area contributed by atoms with E-state index >= 15 is 0 Å². The Morgan fingerprint density at radius 3 is 2.56 bits per heavy atom. The summed E-state index contributed by atoms with van der Waals surface area (Å²) in [6.07, 6.45) is -2.63. The molecule has 0 spiro atoms. The number of likely N-dealkylation sites (tertiary alicyclic amines) is 1. The molecule has 1 N–H and O–H groups in total. The highest BCUT2D eigenvalue weighted by atomic mass is 19.3. The van der Waals surface area contributed by atoms with Crippen LogP contribution in [-0.2, 0) is 4.74 Å². The summed E-state index contributed by atoms with van der Waals surface area (Å²) in [6, 6.07) is 0. The second-order valence-electron chi connectivity index (χ2n) is 4.98. The zero-order valence-electron chi connectivity index (χ0n) is 9.67. The summed E-state index contributed by atoms with van der Waals surface area (Å²) in [7, 11) is 0. The average molecular weight is 237 g/mol. The number of aliphatic hydroxyl groups excluding tert-OH is 1. The molecular weight excluding hydrogens is 220 g/mol. The van der Waals surface area contributed by atoms with Gasteiger partial charge in [0.25, 0.3) is 5.92 Å². The van der Waals surface area contributed by atoms with Crippen LogP contribution in [0.5, 0.6) is 0 Å². The Kier molecular flexibility index (Phi) is 3.42. The number of halogens is 2. The maximum absolute atomic E-state index is 13.1. The predicted octanol–water partition coefficient (Wildman–Crippen LogP) is 1.97. The minimum Gasteiger partial charge on any atom is -0.444 e. The van der Waals surface area contributed by atoms with Crippen LogP contribution < -0.4 is 0 Å². The van der Waals surface area contributed by atoms with Crippen molar-refractivity contribution >= 4 is 6.09 Å². The minimum atomic E-state index is -2.95. The fraction of sp³-hybridized carbons (Fsp3) is 0.900. The molecule has 1 aliphatic rings. The second kappa shape index (κ2) is 4.16. The van der Waals surface area contributed by atoms with Crippen molar-refractivity contribution in [3.8, 4) is 0 Å². The molecule has 0 aliphatic carbocycles. The van der Waals surface area contributed by atoms with Gasteiger partial charge in [-0.25, -0.2) is 13.6 Å². The van der Waals surface area contributed by atoms with Crippen LogP contribution in [0.1, 0.15) is 33.6 Å². The summed E-state index contributed by atoms with van der Waals surface area (Å²) in [4.78, 5) is 12.2. The number of hydrogen-bond acceptors (Lipinski definition) is 3. The van der Waals surface area contributed by atoms with Crippen molar-refractivity contribution in [2.45, 2.75) is 51.4 Å². The SMILES string of the molecule is CC(C)(C)OC(=O)N1CC(F)(F)CC[C@@H]1O. The van der Waals surface area contributed by atoms with Gasteiger partial charge < -0.3 is 9.84 Å². The molecule has 0 aromatic heterocycles. The topological polar surface area (TPSA) is 49.8 Å². The van der Waals surface area contributed by atoms with Crippen LogP contribution in [-0.4, -0.2) is 40.4 Å². The van der Waals surface area contributed by atoms with Crippen molar-refractivity contribution in [3.05, 3.63) is 0 Å². The fourth-order valence-electron chi connectivity index (χ4n) is 1.44. The molecule has 1 fully saturated rings. The molecular formula is C10H17F2NO3. The number of piperidine rings is 1. The summed E-state index contributed by atoms with van der Waals surface area (Å²) in [5.41, 5.74) is -0.760. The van der Waals surface area contributed by atoms with Gasteiger partial charge >= 0.3 is 6.09 Å². The number of nitrogens with zero attached hydrogens (tertiary/aromatic N) is 1. The molecule has 0 saturated carbocycles. The zero-order chi connectivity index (χ0) is 12.6. The number of ether oxygens (including phenoxy) is 1. The second-order valence-corrected chi connectivity index (χ2v) is 4.98. The van der Waals surface area contributed by atoms with E-state index in [2.05, 4.69) is 0 Å². The van der Waals surface area contributed by atoms with Crippen LogP contribution in [0.25, 0.3) is 0 Å². The molecule has 0 aromatic carbocycles. The summed E-state index contributed by atoms with van der Waals surface area (Å²) in [5, 5.41) is 9.46. The number of carbonyl (C=O) groups is 1. The van der Waals surface area contributed by atoms with Gasteiger partial charge in [0.05, 0.1) is 6.54 Å². The van der Waals surface area contributed by atoms with Crippen LogP contribution in [0, 0.1) is 0 Å². The average Bonchev–Trinajstić information content (AvgIpc) is 2.06. The third-order valence-corrected chi connectivity index (χ3v) is 2.16. The Balaban J connectivity index is 2.67. The van der Waals surface area contributed by atoms with Gasteiger partial charge in [-0.1, -0.05) is 0 Å². The van der Waals surface area contributed by atoms with E-state index in [1.54, 1.807) is 20.8 Å². The van der Waals surface area contributed by atoms with E-state index in [4.69, 9.17) is 4.74 Å². The van der Waals surface area contributed by atoms with E-state index in [0.717, 1.165) is 0 Å². The Hall–Kier alpha value is -0.910. The van der Waals surface area contributed by atoms with Crippen LogP contribution in [0.4, 0.5) is 13.6 Å². The molecule has 4 nitrogen and oxygen atoms in total. The summed E-state index contributed by atoms with van der Waals surface area (Å²) < 4.78 is 31.1. The molecule has 0 bridgehead atoms. The normalized spacial score (nSPS) is 25.4. The smallest absolute Gasteiger partial charge is 0.412 e. The fourth-order valence-corrected chi connectivity index (χ4v) is 1.44. The maximum atomic E-state index is 13.1. The van der Waals surface area contributed by atoms with Crippen molar-refractivity contribution < 1.29 is 23.4 Å². The molecule has 1 rings (SSSR count). The van der Waals surface area contributed by atoms with Gasteiger partial charge in [0, 0.05) is 6.42 Å². The van der Waals surface area contributed by atoms with Gasteiger partial charge in [-0.3, -0.25) is 4.90 Å². The largest absolute Gasteiger partial charge is 0.444 e. The molecule has 1 heterocycles. The highest BCUT2D eigenvalue weighted by molar-refractivity contribution is 5.68. The Labute approximate surface area is 93.2 Å². The van der Waals surface area contributed by atoms with Crippen LogP contribution in [0.15, 0.2) is 0 Å². The summed E-state index contributed by atoms with van der Waals surface area (Å²) in [6.45, 7) is 4.13. The quantitative estimate of drug-likeness (QED) is 0.700. The number of amides is 1. The molecule has 6 heteroatoms. The standard InChI is InChI=1S/C10H17F2NO3/c1-9(2,3)16-8(15)13-6-10(11,12)5-4-7(13)14/h7,14H,4-6H2,1-3H3/t7-/m0/s1. The van der Waals surface area contributed by atoms with Gasteiger partial charge in [0.2, 0.25) is 0 Å². The molecule has 1 amide bonds. The summed E-state index contributed by atoms with van der Waals surface area (Å²) in [5.74, 6) is -2.95. The summed E-state index contributed by atoms with van der Waals surface area (Å²) >= 11 is 0. The molecule has 1 atom stereocenters. The van der Waals surface area contributed by atoms with E-state index in [1.807, 2.05) is 0 Å². The van der Waals surface area contributed by atoms with Crippen molar-refractivity contribution in [1.29, 1.82) is 0 Å². The van der Waals surface area contributed by atoms with Crippen molar-refractivity contribution in [3.63, 3.8) is 0 Å². The van der Waals surface area contributed by atoms with Crippen molar-refractivity contribution in [2.24, 2.45) is 0 Å². The monoisotopic (exact) mass is 237 g/mol. The van der Waals surface area contributed by atoms with Crippen LogP contribution in [0.2, 0.25) is 0 Å². The molecule has 0 radical (unpaired) electrons.